The second-order valence-electron chi connectivity index (χ2n) is 5.18. The van der Waals surface area contributed by atoms with Crippen LogP contribution in [-0.4, -0.2) is 28.1 Å². The summed E-state index contributed by atoms with van der Waals surface area (Å²) in [5.41, 5.74) is 2.22. The van der Waals surface area contributed by atoms with Gasteiger partial charge in [0, 0.05) is 29.9 Å². The molecule has 5 heteroatoms. The van der Waals surface area contributed by atoms with Crippen LogP contribution in [-0.2, 0) is 17.7 Å². The number of aromatic nitrogens is 2. The SMILES string of the molecule is ClCCc1nc2cc(Br)ccc2n1CCC1CCCO1. The fourth-order valence-corrected chi connectivity index (χ4v) is 3.34. The van der Waals surface area contributed by atoms with E-state index in [1.165, 1.54) is 18.4 Å². The fraction of sp³-hybridized carbons (Fsp3) is 0.533. The van der Waals surface area contributed by atoms with Gasteiger partial charge < -0.3 is 9.30 Å². The molecule has 0 amide bonds. The zero-order valence-corrected chi connectivity index (χ0v) is 13.7. The van der Waals surface area contributed by atoms with Crippen molar-refractivity contribution in [3.8, 4) is 0 Å². The van der Waals surface area contributed by atoms with Crippen LogP contribution in [0.3, 0.4) is 0 Å². The number of hydrogen-bond acceptors (Lipinski definition) is 2. The summed E-state index contributed by atoms with van der Waals surface area (Å²) < 4.78 is 9.07. The molecule has 1 fully saturated rings. The predicted molar refractivity (Wildman–Crippen MR) is 85.4 cm³/mol. The van der Waals surface area contributed by atoms with E-state index < -0.39 is 0 Å². The van der Waals surface area contributed by atoms with Crippen molar-refractivity contribution in [2.75, 3.05) is 12.5 Å². The number of ether oxygens (including phenoxy) is 1. The van der Waals surface area contributed by atoms with E-state index in [-0.39, 0.29) is 0 Å². The minimum atomic E-state index is 0.409. The van der Waals surface area contributed by atoms with Crippen LogP contribution < -0.4 is 0 Å². The maximum atomic E-state index is 5.91. The number of rotatable bonds is 5. The first-order valence-corrected chi connectivity index (χ1v) is 8.43. The van der Waals surface area contributed by atoms with Gasteiger partial charge in [-0.25, -0.2) is 4.98 Å². The van der Waals surface area contributed by atoms with E-state index in [1.54, 1.807) is 0 Å². The Morgan fingerprint density at radius 3 is 3.10 bits per heavy atom. The Hall–Kier alpha value is -0.580. The smallest absolute Gasteiger partial charge is 0.111 e. The Kier molecular flexibility index (Phi) is 4.64. The molecule has 1 unspecified atom stereocenters. The molecule has 3 nitrogen and oxygen atoms in total. The molecular weight excluding hydrogens is 340 g/mol. The summed E-state index contributed by atoms with van der Waals surface area (Å²) in [7, 11) is 0. The summed E-state index contributed by atoms with van der Waals surface area (Å²) in [6.07, 6.45) is 4.64. The molecule has 1 aromatic heterocycles. The molecule has 3 rings (SSSR count). The van der Waals surface area contributed by atoms with Crippen LogP contribution in [0.2, 0.25) is 0 Å². The van der Waals surface area contributed by atoms with Crippen LogP contribution in [0, 0.1) is 0 Å². The lowest BCUT2D eigenvalue weighted by molar-refractivity contribution is 0.100. The number of benzene rings is 1. The van der Waals surface area contributed by atoms with Gasteiger partial charge in [0.1, 0.15) is 5.82 Å². The molecule has 1 aliphatic heterocycles. The molecule has 108 valence electrons. The van der Waals surface area contributed by atoms with E-state index in [9.17, 15) is 0 Å². The van der Waals surface area contributed by atoms with Gasteiger partial charge in [-0.1, -0.05) is 15.9 Å². The maximum Gasteiger partial charge on any atom is 0.111 e. The lowest BCUT2D eigenvalue weighted by Crippen LogP contribution is -2.12. The average molecular weight is 358 g/mol. The number of imidazole rings is 1. The third-order valence-corrected chi connectivity index (χ3v) is 4.49. The van der Waals surface area contributed by atoms with Crippen LogP contribution in [0.5, 0.6) is 0 Å². The van der Waals surface area contributed by atoms with E-state index in [0.717, 1.165) is 41.8 Å². The molecule has 2 aromatic rings. The van der Waals surface area contributed by atoms with E-state index in [4.69, 9.17) is 21.3 Å². The van der Waals surface area contributed by atoms with Crippen molar-refractivity contribution in [3.63, 3.8) is 0 Å². The number of fused-ring (bicyclic) bond motifs is 1. The van der Waals surface area contributed by atoms with Crippen molar-refractivity contribution < 1.29 is 4.74 Å². The molecule has 1 saturated heterocycles. The van der Waals surface area contributed by atoms with Crippen molar-refractivity contribution in [2.45, 2.75) is 38.3 Å². The van der Waals surface area contributed by atoms with Crippen molar-refractivity contribution in [1.29, 1.82) is 0 Å². The molecule has 1 aliphatic rings. The summed E-state index contributed by atoms with van der Waals surface area (Å²) in [5.74, 6) is 1.68. The van der Waals surface area contributed by atoms with E-state index in [0.29, 0.717) is 12.0 Å². The highest BCUT2D eigenvalue weighted by atomic mass is 79.9. The highest BCUT2D eigenvalue weighted by Crippen LogP contribution is 2.23. The molecule has 0 saturated carbocycles. The Labute approximate surface area is 132 Å². The zero-order valence-electron chi connectivity index (χ0n) is 11.3. The van der Waals surface area contributed by atoms with Crippen molar-refractivity contribution in [3.05, 3.63) is 28.5 Å². The van der Waals surface area contributed by atoms with E-state index in [2.05, 4.69) is 38.7 Å². The van der Waals surface area contributed by atoms with Gasteiger partial charge in [-0.15, -0.1) is 11.6 Å². The molecule has 0 spiro atoms. The molecule has 1 aromatic carbocycles. The maximum absolute atomic E-state index is 5.91. The lowest BCUT2D eigenvalue weighted by atomic mass is 10.2. The predicted octanol–water partition coefficient (Wildman–Crippen LogP) is 4.15. The Bertz CT molecular complexity index is 593. The first-order valence-electron chi connectivity index (χ1n) is 7.10. The third kappa shape index (κ3) is 3.02. The Balaban J connectivity index is 1.87. The minimum absolute atomic E-state index is 0.409. The summed E-state index contributed by atoms with van der Waals surface area (Å²) in [5, 5.41) is 0. The zero-order chi connectivity index (χ0) is 13.9. The number of aryl methyl sites for hydroxylation is 2. The highest BCUT2D eigenvalue weighted by Gasteiger charge is 2.17. The highest BCUT2D eigenvalue weighted by molar-refractivity contribution is 9.10. The molecule has 20 heavy (non-hydrogen) atoms. The van der Waals surface area contributed by atoms with Crippen LogP contribution in [0.15, 0.2) is 22.7 Å². The van der Waals surface area contributed by atoms with Gasteiger partial charge in [0.15, 0.2) is 0 Å². The quantitative estimate of drug-likeness (QED) is 0.752. The van der Waals surface area contributed by atoms with Gasteiger partial charge in [0.05, 0.1) is 17.1 Å². The summed E-state index contributed by atoms with van der Waals surface area (Å²) >= 11 is 9.41. The number of halogens is 2. The standard InChI is InChI=1S/C15H18BrClN2O/c16-11-3-4-14-13(10-11)18-15(5-7-17)19(14)8-6-12-2-1-9-20-12/h3-4,10,12H,1-2,5-9H2. The molecule has 0 radical (unpaired) electrons. The van der Waals surface area contributed by atoms with Gasteiger partial charge in [-0.2, -0.15) is 0 Å². The first kappa shape index (κ1) is 14.4. The molecular formula is C15H18BrClN2O. The Morgan fingerprint density at radius 1 is 1.45 bits per heavy atom. The van der Waals surface area contributed by atoms with Crippen molar-refractivity contribution >= 4 is 38.6 Å². The van der Waals surface area contributed by atoms with Crippen LogP contribution >= 0.6 is 27.5 Å². The molecule has 0 aliphatic carbocycles. The molecule has 0 bridgehead atoms. The van der Waals surface area contributed by atoms with Gasteiger partial charge in [-0.05, 0) is 37.5 Å². The summed E-state index contributed by atoms with van der Waals surface area (Å²) in [6.45, 7) is 1.87. The second-order valence-corrected chi connectivity index (χ2v) is 6.47. The minimum Gasteiger partial charge on any atom is -0.378 e. The Morgan fingerprint density at radius 2 is 2.35 bits per heavy atom. The normalized spacial score (nSPS) is 19.0. The molecule has 0 N–H and O–H groups in total. The monoisotopic (exact) mass is 356 g/mol. The van der Waals surface area contributed by atoms with E-state index in [1.807, 2.05) is 0 Å². The number of hydrogen-bond donors (Lipinski definition) is 0. The van der Waals surface area contributed by atoms with Crippen LogP contribution in [0.1, 0.15) is 25.1 Å². The van der Waals surface area contributed by atoms with Gasteiger partial charge in [0.2, 0.25) is 0 Å². The van der Waals surface area contributed by atoms with Gasteiger partial charge in [0.25, 0.3) is 0 Å². The van der Waals surface area contributed by atoms with Crippen LogP contribution in [0.4, 0.5) is 0 Å². The lowest BCUT2D eigenvalue weighted by Gasteiger charge is -2.12. The average Bonchev–Trinajstić information content (AvgIpc) is 3.04. The fourth-order valence-electron chi connectivity index (χ4n) is 2.82. The number of nitrogens with zero attached hydrogens (tertiary/aromatic N) is 2. The van der Waals surface area contributed by atoms with Crippen molar-refractivity contribution in [1.82, 2.24) is 9.55 Å². The van der Waals surface area contributed by atoms with Crippen LogP contribution in [0.25, 0.3) is 11.0 Å². The summed E-state index contributed by atoms with van der Waals surface area (Å²) in [6, 6.07) is 6.26. The molecule has 1 atom stereocenters. The number of alkyl halides is 1. The third-order valence-electron chi connectivity index (χ3n) is 3.81. The first-order chi connectivity index (χ1) is 9.78. The molecule has 2 heterocycles. The topological polar surface area (TPSA) is 27.1 Å². The van der Waals surface area contributed by atoms with E-state index >= 15 is 0 Å². The van der Waals surface area contributed by atoms with Gasteiger partial charge in [-0.3, -0.25) is 0 Å². The summed E-state index contributed by atoms with van der Waals surface area (Å²) in [4.78, 5) is 4.72. The second kappa shape index (κ2) is 6.46. The van der Waals surface area contributed by atoms with Crippen molar-refractivity contribution in [2.24, 2.45) is 0 Å². The van der Waals surface area contributed by atoms with Gasteiger partial charge >= 0.3 is 0 Å². The largest absolute Gasteiger partial charge is 0.378 e.